The second-order valence-corrected chi connectivity index (χ2v) is 5.40. The van der Waals surface area contributed by atoms with Gasteiger partial charge in [0.1, 0.15) is 12.4 Å². The highest BCUT2D eigenvalue weighted by molar-refractivity contribution is 5.81. The molecule has 1 fully saturated rings. The first-order chi connectivity index (χ1) is 11.6. The van der Waals surface area contributed by atoms with E-state index >= 15 is 0 Å². The molecule has 24 heavy (non-hydrogen) atoms. The Balaban J connectivity index is 1.62. The van der Waals surface area contributed by atoms with Crippen molar-refractivity contribution in [2.45, 2.75) is 6.92 Å². The number of hydrogen-bond donors (Lipinski definition) is 1. The van der Waals surface area contributed by atoms with E-state index in [1.807, 2.05) is 17.5 Å². The minimum absolute atomic E-state index is 0.130. The van der Waals surface area contributed by atoms with Crippen molar-refractivity contribution < 1.29 is 14.3 Å². The Morgan fingerprint density at radius 3 is 2.71 bits per heavy atom. The van der Waals surface area contributed by atoms with Crippen molar-refractivity contribution in [2.24, 2.45) is 0 Å². The van der Waals surface area contributed by atoms with Crippen LogP contribution < -0.4 is 10.2 Å². The molecule has 0 spiro atoms. The van der Waals surface area contributed by atoms with E-state index in [2.05, 4.69) is 30.1 Å². The first-order valence-corrected chi connectivity index (χ1v) is 7.61. The fourth-order valence-corrected chi connectivity index (χ4v) is 2.60. The number of anilines is 1. The highest BCUT2D eigenvalue weighted by Crippen LogP contribution is 2.19. The van der Waals surface area contributed by atoms with Crippen molar-refractivity contribution in [1.82, 2.24) is 29.8 Å². The number of carbonyl (C=O) groups is 2. The van der Waals surface area contributed by atoms with Crippen LogP contribution >= 0.6 is 0 Å². The van der Waals surface area contributed by atoms with Gasteiger partial charge in [-0.15, -0.1) is 10.2 Å². The van der Waals surface area contributed by atoms with Crippen LogP contribution in [0.3, 0.4) is 0 Å². The Morgan fingerprint density at radius 1 is 1.25 bits per heavy atom. The van der Waals surface area contributed by atoms with Crippen molar-refractivity contribution in [1.29, 1.82) is 0 Å². The number of carbonyl (C=O) groups excluding carboxylic acids is 2. The smallest absolute Gasteiger partial charge is 0.325 e. The van der Waals surface area contributed by atoms with Crippen LogP contribution in [0.1, 0.15) is 5.82 Å². The maximum absolute atomic E-state index is 12.0. The Labute approximate surface area is 138 Å². The average molecular weight is 333 g/mol. The van der Waals surface area contributed by atoms with E-state index in [1.165, 1.54) is 7.11 Å². The van der Waals surface area contributed by atoms with E-state index in [4.69, 9.17) is 0 Å². The van der Waals surface area contributed by atoms with Crippen LogP contribution in [0.25, 0.3) is 5.65 Å². The Bertz CT molecular complexity index is 752. The molecule has 3 heterocycles. The number of hydrogen-bond acceptors (Lipinski definition) is 7. The highest BCUT2D eigenvalue weighted by Gasteiger charge is 2.24. The maximum atomic E-state index is 12.0. The third-order valence-corrected chi connectivity index (χ3v) is 3.96. The van der Waals surface area contributed by atoms with Crippen molar-refractivity contribution in [3.8, 4) is 0 Å². The van der Waals surface area contributed by atoms with Crippen LogP contribution in [0.2, 0.25) is 0 Å². The summed E-state index contributed by atoms with van der Waals surface area (Å²) >= 11 is 0. The lowest BCUT2D eigenvalue weighted by atomic mass is 10.3. The van der Waals surface area contributed by atoms with Gasteiger partial charge in [0, 0.05) is 38.6 Å². The molecule has 2 amide bonds. The van der Waals surface area contributed by atoms with E-state index in [0.29, 0.717) is 31.8 Å². The predicted molar refractivity (Wildman–Crippen MR) is 84.7 cm³/mol. The molecule has 2 aromatic rings. The average Bonchev–Trinajstić information content (AvgIpc) is 3.01. The molecule has 1 saturated heterocycles. The van der Waals surface area contributed by atoms with Gasteiger partial charge in [0.15, 0.2) is 5.82 Å². The van der Waals surface area contributed by atoms with Gasteiger partial charge in [0.05, 0.1) is 7.11 Å². The molecule has 0 aromatic carbocycles. The minimum atomic E-state index is -0.472. The lowest BCUT2D eigenvalue weighted by molar-refractivity contribution is -0.139. The summed E-state index contributed by atoms with van der Waals surface area (Å²) in [6.07, 6.45) is 3.54. The molecular weight excluding hydrogens is 314 g/mol. The molecule has 128 valence electrons. The molecule has 0 radical (unpaired) electrons. The molecule has 0 aliphatic carbocycles. The predicted octanol–water partition coefficient (Wildman–Crippen LogP) is -0.563. The summed E-state index contributed by atoms with van der Waals surface area (Å²) in [6, 6.07) is -0.274. The van der Waals surface area contributed by atoms with Crippen LogP contribution in [0.4, 0.5) is 10.6 Å². The highest BCUT2D eigenvalue weighted by atomic mass is 16.5. The number of piperazine rings is 1. The zero-order valence-corrected chi connectivity index (χ0v) is 13.6. The number of aromatic nitrogens is 4. The van der Waals surface area contributed by atoms with Crippen molar-refractivity contribution in [3.05, 3.63) is 18.2 Å². The van der Waals surface area contributed by atoms with Crippen molar-refractivity contribution in [2.75, 3.05) is 44.7 Å². The van der Waals surface area contributed by atoms with Gasteiger partial charge in [-0.3, -0.25) is 9.20 Å². The number of nitrogens with zero attached hydrogens (tertiary/aromatic N) is 6. The lowest BCUT2D eigenvalue weighted by Crippen LogP contribution is -2.52. The molecule has 10 heteroatoms. The summed E-state index contributed by atoms with van der Waals surface area (Å²) in [7, 11) is 1.28. The molecule has 0 atom stereocenters. The van der Waals surface area contributed by atoms with E-state index in [0.717, 1.165) is 11.6 Å². The number of amides is 2. The van der Waals surface area contributed by atoms with E-state index in [9.17, 15) is 9.59 Å². The molecule has 0 unspecified atom stereocenters. The number of rotatable bonds is 3. The fraction of sp³-hybridized carbons (Fsp3) is 0.500. The van der Waals surface area contributed by atoms with Gasteiger partial charge in [-0.1, -0.05) is 0 Å². The summed E-state index contributed by atoms with van der Waals surface area (Å²) in [6.45, 7) is 4.07. The van der Waals surface area contributed by atoms with E-state index < -0.39 is 5.97 Å². The summed E-state index contributed by atoms with van der Waals surface area (Å²) in [4.78, 5) is 31.2. The Hall–Kier alpha value is -2.91. The van der Waals surface area contributed by atoms with Gasteiger partial charge in [-0.05, 0) is 6.92 Å². The molecule has 3 rings (SSSR count). The van der Waals surface area contributed by atoms with Crippen LogP contribution in [-0.4, -0.2) is 76.3 Å². The van der Waals surface area contributed by atoms with Crippen molar-refractivity contribution in [3.63, 3.8) is 0 Å². The summed E-state index contributed by atoms with van der Waals surface area (Å²) in [5, 5.41) is 10.8. The summed E-state index contributed by atoms with van der Waals surface area (Å²) < 4.78 is 6.39. The SMILES string of the molecule is COC(=O)CNC(=O)N1CCN(c2nccn3c(C)nnc23)CC1. The number of fused-ring (bicyclic) bond motifs is 1. The molecule has 0 bridgehead atoms. The Morgan fingerprint density at radius 2 is 2.00 bits per heavy atom. The minimum Gasteiger partial charge on any atom is -0.468 e. The quantitative estimate of drug-likeness (QED) is 0.751. The number of aryl methyl sites for hydroxylation is 1. The number of nitrogens with one attached hydrogen (secondary N) is 1. The molecule has 0 saturated carbocycles. The Kier molecular flexibility index (Phi) is 4.45. The van der Waals surface area contributed by atoms with Gasteiger partial charge in [0.25, 0.3) is 0 Å². The van der Waals surface area contributed by atoms with Gasteiger partial charge in [0.2, 0.25) is 5.65 Å². The third kappa shape index (κ3) is 3.07. The molecule has 1 aliphatic rings. The zero-order valence-electron chi connectivity index (χ0n) is 13.6. The lowest BCUT2D eigenvalue weighted by Gasteiger charge is -2.35. The van der Waals surface area contributed by atoms with Crippen LogP contribution in [0, 0.1) is 6.92 Å². The first-order valence-electron chi connectivity index (χ1n) is 7.61. The van der Waals surface area contributed by atoms with Gasteiger partial charge < -0.3 is 19.9 Å². The number of urea groups is 1. The first kappa shape index (κ1) is 16.0. The summed E-state index contributed by atoms with van der Waals surface area (Å²) in [5.74, 6) is 1.09. The molecule has 2 aromatic heterocycles. The van der Waals surface area contributed by atoms with E-state index in [1.54, 1.807) is 11.1 Å². The topological polar surface area (TPSA) is 105 Å². The summed E-state index contributed by atoms with van der Waals surface area (Å²) in [5.41, 5.74) is 0.707. The van der Waals surface area contributed by atoms with Gasteiger partial charge >= 0.3 is 12.0 Å². The van der Waals surface area contributed by atoms with Crippen molar-refractivity contribution >= 4 is 23.5 Å². The van der Waals surface area contributed by atoms with Crippen LogP contribution in [0.5, 0.6) is 0 Å². The number of methoxy groups -OCH3 is 1. The molecular formula is C14H19N7O3. The molecule has 1 aliphatic heterocycles. The third-order valence-electron chi connectivity index (χ3n) is 3.96. The standard InChI is InChI=1S/C14H19N7O3/c1-10-17-18-13-12(15-3-4-21(10)13)19-5-7-20(8-6-19)14(23)16-9-11(22)24-2/h3-4H,5-9H2,1-2H3,(H,16,23). The monoisotopic (exact) mass is 333 g/mol. The number of esters is 1. The molecule has 1 N–H and O–H groups in total. The van der Waals surface area contributed by atoms with E-state index in [-0.39, 0.29) is 12.6 Å². The second kappa shape index (κ2) is 6.69. The fourth-order valence-electron chi connectivity index (χ4n) is 2.60. The largest absolute Gasteiger partial charge is 0.468 e. The number of ether oxygens (including phenoxy) is 1. The van der Waals surface area contributed by atoms with Gasteiger partial charge in [-0.2, -0.15) is 0 Å². The normalized spacial score (nSPS) is 14.8. The second-order valence-electron chi connectivity index (χ2n) is 5.40. The molecule has 10 nitrogen and oxygen atoms in total. The van der Waals surface area contributed by atoms with Gasteiger partial charge in [-0.25, -0.2) is 9.78 Å². The maximum Gasteiger partial charge on any atom is 0.325 e. The zero-order chi connectivity index (χ0) is 17.1. The van der Waals surface area contributed by atoms with Crippen LogP contribution in [0.15, 0.2) is 12.4 Å². The van der Waals surface area contributed by atoms with Crippen LogP contribution in [-0.2, 0) is 9.53 Å².